The molecule has 6 heteroatoms. The zero-order valence-corrected chi connectivity index (χ0v) is 13.5. The molecule has 0 unspecified atom stereocenters. The van der Waals surface area contributed by atoms with Gasteiger partial charge in [0.25, 0.3) is 0 Å². The van der Waals surface area contributed by atoms with Crippen LogP contribution in [0, 0.1) is 5.92 Å². The fraction of sp³-hybridized carbons (Fsp3) is 0.800. The number of aromatic nitrogens is 2. The van der Waals surface area contributed by atoms with Crippen LogP contribution in [0.5, 0.6) is 0 Å². The van der Waals surface area contributed by atoms with Crippen molar-refractivity contribution in [2.45, 2.75) is 44.4 Å². The van der Waals surface area contributed by atoms with Gasteiger partial charge in [-0.15, -0.1) is 0 Å². The molecule has 5 nitrogen and oxygen atoms in total. The van der Waals surface area contributed by atoms with Crippen LogP contribution in [-0.4, -0.2) is 51.0 Å². The van der Waals surface area contributed by atoms with Crippen molar-refractivity contribution < 1.29 is 9.84 Å². The van der Waals surface area contributed by atoms with Crippen LogP contribution in [0.25, 0.3) is 0 Å². The van der Waals surface area contributed by atoms with E-state index in [1.165, 1.54) is 0 Å². The predicted molar refractivity (Wildman–Crippen MR) is 81.2 cm³/mol. The van der Waals surface area contributed by atoms with Crippen molar-refractivity contribution in [3.63, 3.8) is 0 Å². The van der Waals surface area contributed by atoms with Crippen LogP contribution in [0.2, 0.25) is 5.15 Å². The maximum atomic E-state index is 10.7. The minimum Gasteiger partial charge on any atom is -0.390 e. The van der Waals surface area contributed by atoms with Gasteiger partial charge in [0, 0.05) is 25.6 Å². The molecule has 2 fully saturated rings. The number of halogens is 1. The van der Waals surface area contributed by atoms with Crippen LogP contribution in [0.4, 0.5) is 0 Å². The molecular weight excluding hydrogens is 290 g/mol. The van der Waals surface area contributed by atoms with Gasteiger partial charge < -0.3 is 14.4 Å². The molecule has 3 rings (SSSR count). The zero-order chi connectivity index (χ0) is 15.0. The maximum absolute atomic E-state index is 10.7. The molecule has 118 valence electrons. The summed E-state index contributed by atoms with van der Waals surface area (Å²) in [6, 6.07) is 0.357. The molecule has 0 radical (unpaired) electrons. The number of hydrogen-bond donors (Lipinski definition) is 1. The van der Waals surface area contributed by atoms with Gasteiger partial charge in [-0.3, -0.25) is 4.90 Å². The van der Waals surface area contributed by atoms with E-state index >= 15 is 0 Å². The van der Waals surface area contributed by atoms with Gasteiger partial charge in [0.15, 0.2) is 0 Å². The molecule has 1 N–H and O–H groups in total. The van der Waals surface area contributed by atoms with Crippen LogP contribution in [0.15, 0.2) is 6.20 Å². The molecule has 2 aliphatic heterocycles. The van der Waals surface area contributed by atoms with E-state index in [4.69, 9.17) is 16.3 Å². The first-order valence-corrected chi connectivity index (χ1v) is 8.07. The van der Waals surface area contributed by atoms with E-state index in [-0.39, 0.29) is 5.92 Å². The van der Waals surface area contributed by atoms with Crippen molar-refractivity contribution in [1.29, 1.82) is 0 Å². The Hall–Kier alpha value is -0.620. The summed E-state index contributed by atoms with van der Waals surface area (Å²) >= 11 is 6.07. The summed E-state index contributed by atoms with van der Waals surface area (Å²) in [4.78, 5) is 6.81. The zero-order valence-electron chi connectivity index (χ0n) is 12.8. The first kappa shape index (κ1) is 15.3. The SMILES string of the molecule is Cn1c(Cl)cnc1CN1CCC[C@@H]1[C@@H]1COCC[C@]1(C)O. The van der Waals surface area contributed by atoms with Gasteiger partial charge in [-0.05, 0) is 32.7 Å². The topological polar surface area (TPSA) is 50.5 Å². The molecule has 0 spiro atoms. The van der Waals surface area contributed by atoms with E-state index in [0.29, 0.717) is 24.4 Å². The highest BCUT2D eigenvalue weighted by molar-refractivity contribution is 6.29. The Morgan fingerprint density at radius 1 is 1.57 bits per heavy atom. The van der Waals surface area contributed by atoms with Gasteiger partial charge >= 0.3 is 0 Å². The van der Waals surface area contributed by atoms with E-state index < -0.39 is 5.60 Å². The Bertz CT molecular complexity index is 503. The molecule has 1 aromatic heterocycles. The number of hydrogen-bond acceptors (Lipinski definition) is 4. The van der Waals surface area contributed by atoms with Gasteiger partial charge in [0.05, 0.1) is 24.9 Å². The highest BCUT2D eigenvalue weighted by atomic mass is 35.5. The molecule has 0 aromatic carbocycles. The first-order valence-electron chi connectivity index (χ1n) is 7.69. The summed E-state index contributed by atoms with van der Waals surface area (Å²) in [7, 11) is 1.94. The van der Waals surface area contributed by atoms with Crippen LogP contribution in [-0.2, 0) is 18.3 Å². The van der Waals surface area contributed by atoms with Gasteiger partial charge in [-0.2, -0.15) is 0 Å². The largest absolute Gasteiger partial charge is 0.390 e. The van der Waals surface area contributed by atoms with E-state index in [1.54, 1.807) is 6.20 Å². The number of rotatable bonds is 3. The number of imidazole rings is 1. The summed E-state index contributed by atoms with van der Waals surface area (Å²) in [5.74, 6) is 1.15. The smallest absolute Gasteiger partial charge is 0.128 e. The lowest BCUT2D eigenvalue weighted by Crippen LogP contribution is -2.52. The quantitative estimate of drug-likeness (QED) is 0.925. The van der Waals surface area contributed by atoms with E-state index in [0.717, 1.165) is 38.2 Å². The number of likely N-dealkylation sites (tertiary alicyclic amines) is 1. The fourth-order valence-corrected chi connectivity index (χ4v) is 3.78. The highest BCUT2D eigenvalue weighted by Crippen LogP contribution is 2.36. The predicted octanol–water partition coefficient (Wildman–Crippen LogP) is 1.83. The van der Waals surface area contributed by atoms with Crippen LogP contribution < -0.4 is 0 Å². The van der Waals surface area contributed by atoms with Crippen molar-refractivity contribution in [3.05, 3.63) is 17.2 Å². The Balaban J connectivity index is 1.74. The molecule has 0 amide bonds. The van der Waals surface area contributed by atoms with Crippen molar-refractivity contribution in [3.8, 4) is 0 Å². The van der Waals surface area contributed by atoms with Gasteiger partial charge in [0.2, 0.25) is 0 Å². The molecular formula is C15H24ClN3O2. The third-order valence-corrected chi connectivity index (χ3v) is 5.45. The summed E-state index contributed by atoms with van der Waals surface area (Å²) < 4.78 is 7.55. The standard InChI is InChI=1S/C15H24ClN3O2/c1-15(20)5-7-21-10-11(15)12-4-3-6-19(12)9-14-17-8-13(16)18(14)2/h8,11-12,20H,3-7,9-10H2,1-2H3/t11-,12+,15-/m0/s1. The van der Waals surface area contributed by atoms with Crippen molar-refractivity contribution in [2.75, 3.05) is 19.8 Å². The number of ether oxygens (including phenoxy) is 1. The normalized spacial score (nSPS) is 34.5. The van der Waals surface area contributed by atoms with Crippen molar-refractivity contribution in [1.82, 2.24) is 14.5 Å². The molecule has 2 saturated heterocycles. The third-order valence-electron chi connectivity index (χ3n) is 5.10. The lowest BCUT2D eigenvalue weighted by molar-refractivity contribution is -0.123. The molecule has 0 bridgehead atoms. The van der Waals surface area contributed by atoms with Crippen LogP contribution in [0.1, 0.15) is 32.0 Å². The van der Waals surface area contributed by atoms with E-state index in [2.05, 4.69) is 9.88 Å². The monoisotopic (exact) mass is 313 g/mol. The average Bonchev–Trinajstić information content (AvgIpc) is 3.01. The molecule has 0 saturated carbocycles. The minimum atomic E-state index is -0.634. The lowest BCUT2D eigenvalue weighted by Gasteiger charge is -2.43. The molecule has 1 aromatic rings. The first-order chi connectivity index (χ1) is 9.99. The van der Waals surface area contributed by atoms with Crippen molar-refractivity contribution >= 4 is 11.6 Å². The molecule has 2 aliphatic rings. The second kappa shape index (κ2) is 5.88. The van der Waals surface area contributed by atoms with Gasteiger partial charge in [0.1, 0.15) is 11.0 Å². The van der Waals surface area contributed by atoms with Gasteiger partial charge in [-0.1, -0.05) is 11.6 Å². The Kier molecular flexibility index (Phi) is 4.28. The Morgan fingerprint density at radius 2 is 2.38 bits per heavy atom. The molecule has 0 aliphatic carbocycles. The van der Waals surface area contributed by atoms with Crippen LogP contribution >= 0.6 is 11.6 Å². The third kappa shape index (κ3) is 2.97. The highest BCUT2D eigenvalue weighted by Gasteiger charge is 2.44. The van der Waals surface area contributed by atoms with E-state index in [9.17, 15) is 5.11 Å². The Labute approximate surface area is 130 Å². The second-order valence-corrected chi connectivity index (χ2v) is 6.91. The maximum Gasteiger partial charge on any atom is 0.128 e. The number of aliphatic hydroxyl groups is 1. The number of nitrogens with zero attached hydrogens (tertiary/aromatic N) is 3. The second-order valence-electron chi connectivity index (χ2n) is 6.52. The molecule has 3 atom stereocenters. The van der Waals surface area contributed by atoms with E-state index in [1.807, 2.05) is 18.5 Å². The lowest BCUT2D eigenvalue weighted by atomic mass is 9.79. The molecule has 3 heterocycles. The van der Waals surface area contributed by atoms with Gasteiger partial charge in [-0.25, -0.2) is 4.98 Å². The van der Waals surface area contributed by atoms with Crippen LogP contribution in [0.3, 0.4) is 0 Å². The molecule has 21 heavy (non-hydrogen) atoms. The summed E-state index contributed by atoms with van der Waals surface area (Å²) in [5.41, 5.74) is -0.634. The summed E-state index contributed by atoms with van der Waals surface area (Å²) in [6.07, 6.45) is 4.69. The average molecular weight is 314 g/mol. The Morgan fingerprint density at radius 3 is 3.05 bits per heavy atom. The fourth-order valence-electron chi connectivity index (χ4n) is 3.64. The van der Waals surface area contributed by atoms with Crippen molar-refractivity contribution in [2.24, 2.45) is 13.0 Å². The minimum absolute atomic E-state index is 0.171. The summed E-state index contributed by atoms with van der Waals surface area (Å²) in [6.45, 7) is 5.08. The summed E-state index contributed by atoms with van der Waals surface area (Å²) in [5, 5.41) is 11.3.